The molecule has 128 valence electrons. The molecular weight excluding hydrogens is 302 g/mol. The van der Waals surface area contributed by atoms with Crippen LogP contribution in [0.2, 0.25) is 0 Å². The van der Waals surface area contributed by atoms with Crippen LogP contribution in [-0.4, -0.2) is 31.6 Å². The van der Waals surface area contributed by atoms with Crippen molar-refractivity contribution in [2.75, 3.05) is 25.6 Å². The van der Waals surface area contributed by atoms with E-state index in [1.807, 2.05) is 62.3 Å². The van der Waals surface area contributed by atoms with Crippen molar-refractivity contribution in [2.45, 2.75) is 26.3 Å². The molecule has 1 amide bonds. The fraction of sp³-hybridized carbons (Fsp3) is 0.368. The highest BCUT2D eigenvalue weighted by Gasteiger charge is 2.07. The molecule has 1 N–H and O–H groups in total. The summed E-state index contributed by atoms with van der Waals surface area (Å²) < 4.78 is 5.65. The Morgan fingerprint density at radius 1 is 1.25 bits per heavy atom. The molecule has 0 radical (unpaired) electrons. The number of carbonyl (C=O) groups excluding carboxylic acids is 1. The van der Waals surface area contributed by atoms with Gasteiger partial charge in [-0.05, 0) is 37.1 Å². The Hall–Kier alpha value is -2.56. The zero-order valence-electron chi connectivity index (χ0n) is 14.6. The number of nitrogens with zero attached hydrogens (tertiary/aromatic N) is 2. The Labute approximate surface area is 143 Å². The summed E-state index contributed by atoms with van der Waals surface area (Å²) in [5.74, 6) is 1.75. The number of hydrogen-bond donors (Lipinski definition) is 1. The number of benzene rings is 1. The lowest BCUT2D eigenvalue weighted by atomic mass is 10.2. The molecule has 0 spiro atoms. The molecule has 0 unspecified atom stereocenters. The first-order valence-corrected chi connectivity index (χ1v) is 8.13. The molecule has 0 aliphatic heterocycles. The molecule has 0 aliphatic rings. The molecule has 0 saturated heterocycles. The number of pyridine rings is 1. The van der Waals surface area contributed by atoms with E-state index in [0.29, 0.717) is 26.0 Å². The van der Waals surface area contributed by atoms with Crippen LogP contribution < -0.4 is 15.0 Å². The molecule has 0 bridgehead atoms. The number of aromatic nitrogens is 1. The van der Waals surface area contributed by atoms with Crippen molar-refractivity contribution in [3.63, 3.8) is 0 Å². The van der Waals surface area contributed by atoms with Crippen LogP contribution in [0.1, 0.15) is 24.0 Å². The van der Waals surface area contributed by atoms with Gasteiger partial charge in [0.2, 0.25) is 5.91 Å². The summed E-state index contributed by atoms with van der Waals surface area (Å²) in [5, 5.41) is 2.94. The Bertz CT molecular complexity index is 671. The average Bonchev–Trinajstić information content (AvgIpc) is 2.57. The molecule has 2 rings (SSSR count). The lowest BCUT2D eigenvalue weighted by Crippen LogP contribution is -2.24. The minimum Gasteiger partial charge on any atom is -0.494 e. The molecule has 24 heavy (non-hydrogen) atoms. The molecule has 5 nitrogen and oxygen atoms in total. The van der Waals surface area contributed by atoms with Crippen molar-refractivity contribution in [3.8, 4) is 5.75 Å². The van der Waals surface area contributed by atoms with Crippen LogP contribution >= 0.6 is 0 Å². The van der Waals surface area contributed by atoms with Gasteiger partial charge in [0.25, 0.3) is 0 Å². The van der Waals surface area contributed by atoms with Crippen molar-refractivity contribution < 1.29 is 9.53 Å². The minimum absolute atomic E-state index is 0.0244. The Balaban J connectivity index is 1.70. The number of hydrogen-bond acceptors (Lipinski definition) is 4. The van der Waals surface area contributed by atoms with Crippen LogP contribution in [0.15, 0.2) is 42.6 Å². The van der Waals surface area contributed by atoms with E-state index in [0.717, 1.165) is 17.1 Å². The van der Waals surface area contributed by atoms with E-state index in [-0.39, 0.29) is 5.91 Å². The molecule has 0 saturated carbocycles. The van der Waals surface area contributed by atoms with Crippen molar-refractivity contribution in [3.05, 3.63) is 53.7 Å². The number of ether oxygens (including phenoxy) is 1. The van der Waals surface area contributed by atoms with Gasteiger partial charge in [-0.2, -0.15) is 0 Å². The second-order valence-corrected chi connectivity index (χ2v) is 5.93. The quantitative estimate of drug-likeness (QED) is 0.758. The summed E-state index contributed by atoms with van der Waals surface area (Å²) in [4.78, 5) is 18.2. The Morgan fingerprint density at radius 2 is 2.08 bits per heavy atom. The maximum Gasteiger partial charge on any atom is 0.220 e. The van der Waals surface area contributed by atoms with Crippen LogP contribution in [-0.2, 0) is 11.3 Å². The van der Waals surface area contributed by atoms with Crippen molar-refractivity contribution in [1.29, 1.82) is 0 Å². The minimum atomic E-state index is 0.0244. The third-order valence-corrected chi connectivity index (χ3v) is 3.57. The lowest BCUT2D eigenvalue weighted by Gasteiger charge is -2.16. The highest BCUT2D eigenvalue weighted by Crippen LogP contribution is 2.14. The maximum atomic E-state index is 12.0. The van der Waals surface area contributed by atoms with Crippen molar-refractivity contribution in [1.82, 2.24) is 10.3 Å². The van der Waals surface area contributed by atoms with Crippen LogP contribution in [0.5, 0.6) is 5.75 Å². The molecule has 1 aromatic carbocycles. The standard InChI is InChI=1S/C19H25N3O2/c1-15-7-4-9-17(13-15)24-12-6-10-18(23)21-14-16-8-5-11-20-19(16)22(2)3/h4-5,7-9,11,13H,6,10,12,14H2,1-3H3,(H,21,23). The number of nitrogens with one attached hydrogen (secondary N) is 1. The summed E-state index contributed by atoms with van der Waals surface area (Å²) in [6.45, 7) is 3.05. The number of rotatable bonds is 8. The highest BCUT2D eigenvalue weighted by atomic mass is 16.5. The first-order valence-electron chi connectivity index (χ1n) is 8.13. The topological polar surface area (TPSA) is 54.5 Å². The van der Waals surface area contributed by atoms with E-state index in [1.54, 1.807) is 6.20 Å². The van der Waals surface area contributed by atoms with Gasteiger partial charge in [0.15, 0.2) is 0 Å². The number of amides is 1. The summed E-state index contributed by atoms with van der Waals surface area (Å²) in [5.41, 5.74) is 2.17. The number of carbonyl (C=O) groups is 1. The molecule has 0 aliphatic carbocycles. The largest absolute Gasteiger partial charge is 0.494 e. The molecule has 1 heterocycles. The first kappa shape index (κ1) is 17.8. The highest BCUT2D eigenvalue weighted by molar-refractivity contribution is 5.76. The first-order chi connectivity index (χ1) is 11.6. The van der Waals surface area contributed by atoms with E-state index < -0.39 is 0 Å². The third-order valence-electron chi connectivity index (χ3n) is 3.57. The summed E-state index contributed by atoms with van der Waals surface area (Å²) in [7, 11) is 3.88. The Kier molecular flexibility index (Phi) is 6.61. The zero-order chi connectivity index (χ0) is 17.4. The van der Waals surface area contributed by atoms with Gasteiger partial charge >= 0.3 is 0 Å². The van der Waals surface area contributed by atoms with Gasteiger partial charge in [-0.1, -0.05) is 18.2 Å². The SMILES string of the molecule is Cc1cccc(OCCCC(=O)NCc2cccnc2N(C)C)c1. The normalized spacial score (nSPS) is 10.3. The van der Waals surface area contributed by atoms with Crippen molar-refractivity contribution >= 4 is 11.7 Å². The summed E-state index contributed by atoms with van der Waals surface area (Å²) >= 11 is 0. The van der Waals surface area contributed by atoms with Gasteiger partial charge in [-0.25, -0.2) is 4.98 Å². The van der Waals surface area contributed by atoms with Gasteiger partial charge < -0.3 is 15.0 Å². The lowest BCUT2D eigenvalue weighted by molar-refractivity contribution is -0.121. The predicted octanol–water partition coefficient (Wildman–Crippen LogP) is 2.93. The Morgan fingerprint density at radius 3 is 2.83 bits per heavy atom. The predicted molar refractivity (Wildman–Crippen MR) is 96.3 cm³/mol. The molecule has 5 heteroatoms. The average molecular weight is 327 g/mol. The molecule has 1 aromatic heterocycles. The monoisotopic (exact) mass is 327 g/mol. The van der Waals surface area contributed by atoms with Gasteiger partial charge in [-0.15, -0.1) is 0 Å². The number of anilines is 1. The molecule has 0 atom stereocenters. The fourth-order valence-corrected chi connectivity index (χ4v) is 2.38. The zero-order valence-corrected chi connectivity index (χ0v) is 14.6. The second-order valence-electron chi connectivity index (χ2n) is 5.93. The van der Waals surface area contributed by atoms with Crippen LogP contribution in [0.3, 0.4) is 0 Å². The van der Waals surface area contributed by atoms with E-state index in [1.165, 1.54) is 5.56 Å². The molecular formula is C19H25N3O2. The van der Waals surface area contributed by atoms with E-state index in [9.17, 15) is 4.79 Å². The summed E-state index contributed by atoms with van der Waals surface area (Å²) in [6.07, 6.45) is 2.89. The van der Waals surface area contributed by atoms with E-state index >= 15 is 0 Å². The molecule has 2 aromatic rings. The smallest absolute Gasteiger partial charge is 0.220 e. The van der Waals surface area contributed by atoms with Gasteiger partial charge in [0, 0.05) is 38.8 Å². The van der Waals surface area contributed by atoms with Crippen LogP contribution in [0.25, 0.3) is 0 Å². The van der Waals surface area contributed by atoms with E-state index in [4.69, 9.17) is 4.74 Å². The number of aryl methyl sites for hydroxylation is 1. The molecule has 0 fully saturated rings. The van der Waals surface area contributed by atoms with Gasteiger partial charge in [-0.3, -0.25) is 4.79 Å². The third kappa shape index (κ3) is 5.57. The van der Waals surface area contributed by atoms with E-state index in [2.05, 4.69) is 10.3 Å². The van der Waals surface area contributed by atoms with Gasteiger partial charge in [0.1, 0.15) is 11.6 Å². The maximum absolute atomic E-state index is 12.0. The van der Waals surface area contributed by atoms with Crippen LogP contribution in [0.4, 0.5) is 5.82 Å². The van der Waals surface area contributed by atoms with Gasteiger partial charge in [0.05, 0.1) is 6.61 Å². The summed E-state index contributed by atoms with van der Waals surface area (Å²) in [6, 6.07) is 11.8. The van der Waals surface area contributed by atoms with Crippen molar-refractivity contribution in [2.24, 2.45) is 0 Å². The fourth-order valence-electron chi connectivity index (χ4n) is 2.38. The second kappa shape index (κ2) is 8.91. The van der Waals surface area contributed by atoms with Crippen LogP contribution in [0, 0.1) is 6.92 Å².